The molecule has 19 heavy (non-hydrogen) atoms. The Balaban J connectivity index is 2.18. The Morgan fingerprint density at radius 3 is 2.74 bits per heavy atom. The Morgan fingerprint density at radius 2 is 2.11 bits per heavy atom. The Kier molecular flexibility index (Phi) is 3.94. The summed E-state index contributed by atoms with van der Waals surface area (Å²) in [5.41, 5.74) is 4.04. The van der Waals surface area contributed by atoms with Crippen LogP contribution in [0.3, 0.4) is 0 Å². The van der Waals surface area contributed by atoms with Gasteiger partial charge in [-0.1, -0.05) is 17.7 Å². The molecule has 0 radical (unpaired) electrons. The number of benzene rings is 1. The van der Waals surface area contributed by atoms with E-state index in [0.29, 0.717) is 16.5 Å². The third-order valence-electron chi connectivity index (χ3n) is 2.40. The van der Waals surface area contributed by atoms with Crippen molar-refractivity contribution in [3.05, 3.63) is 46.9 Å². The number of aromatic nitrogens is 2. The van der Waals surface area contributed by atoms with E-state index < -0.39 is 0 Å². The maximum atomic E-state index is 12.0. The molecule has 0 fully saturated rings. The third-order valence-corrected chi connectivity index (χ3v) is 2.73. The fraction of sp³-hybridized carbons (Fsp3) is 0.0833. The van der Waals surface area contributed by atoms with Crippen molar-refractivity contribution in [1.82, 2.24) is 9.97 Å². The standard InChI is InChI=1S/C12H12ClN5O/c1-7-2-3-8(13)9(4-7)17-12(19)10-5-16-11(18-14)6-15-10/h2-6H,14H2,1H3,(H,16,18)(H,17,19). The fourth-order valence-electron chi connectivity index (χ4n) is 1.44. The van der Waals surface area contributed by atoms with E-state index in [0.717, 1.165) is 5.56 Å². The number of hydrazine groups is 1. The molecule has 0 spiro atoms. The van der Waals surface area contributed by atoms with Gasteiger partial charge in [0, 0.05) is 0 Å². The first-order valence-corrected chi connectivity index (χ1v) is 5.84. The molecule has 4 N–H and O–H groups in total. The van der Waals surface area contributed by atoms with E-state index in [2.05, 4.69) is 20.7 Å². The predicted octanol–water partition coefficient (Wildman–Crippen LogP) is 1.98. The number of nitrogens with zero attached hydrogens (tertiary/aromatic N) is 2. The molecule has 0 unspecified atom stereocenters. The summed E-state index contributed by atoms with van der Waals surface area (Å²) in [6, 6.07) is 5.36. The van der Waals surface area contributed by atoms with E-state index in [1.54, 1.807) is 12.1 Å². The summed E-state index contributed by atoms with van der Waals surface area (Å²) >= 11 is 6.00. The molecule has 2 rings (SSSR count). The lowest BCUT2D eigenvalue weighted by atomic mass is 10.2. The first-order chi connectivity index (χ1) is 9.10. The highest BCUT2D eigenvalue weighted by Crippen LogP contribution is 2.23. The monoisotopic (exact) mass is 277 g/mol. The molecule has 0 aliphatic carbocycles. The van der Waals surface area contributed by atoms with Gasteiger partial charge < -0.3 is 10.7 Å². The van der Waals surface area contributed by atoms with Crippen LogP contribution in [-0.4, -0.2) is 15.9 Å². The molecule has 98 valence electrons. The quantitative estimate of drug-likeness (QED) is 0.589. The van der Waals surface area contributed by atoms with Gasteiger partial charge in [-0.15, -0.1) is 0 Å². The van der Waals surface area contributed by atoms with Crippen LogP contribution in [0.15, 0.2) is 30.6 Å². The van der Waals surface area contributed by atoms with Gasteiger partial charge in [0.2, 0.25) is 0 Å². The number of nitrogen functional groups attached to an aromatic ring is 1. The minimum atomic E-state index is -0.386. The maximum absolute atomic E-state index is 12.0. The number of nitrogens with two attached hydrogens (primary N) is 1. The number of hydrogen-bond acceptors (Lipinski definition) is 5. The Morgan fingerprint density at radius 1 is 1.32 bits per heavy atom. The highest BCUT2D eigenvalue weighted by Gasteiger charge is 2.10. The topological polar surface area (TPSA) is 92.9 Å². The van der Waals surface area contributed by atoms with E-state index in [1.807, 2.05) is 13.0 Å². The number of rotatable bonds is 3. The predicted molar refractivity (Wildman–Crippen MR) is 74.0 cm³/mol. The highest BCUT2D eigenvalue weighted by atomic mass is 35.5. The van der Waals surface area contributed by atoms with Gasteiger partial charge in [0.25, 0.3) is 5.91 Å². The van der Waals surface area contributed by atoms with Crippen molar-refractivity contribution in [1.29, 1.82) is 0 Å². The fourth-order valence-corrected chi connectivity index (χ4v) is 1.61. The molecule has 0 aliphatic heterocycles. The molecule has 1 aromatic heterocycles. The summed E-state index contributed by atoms with van der Waals surface area (Å²) in [5.74, 6) is 5.16. The van der Waals surface area contributed by atoms with Crippen molar-refractivity contribution >= 4 is 29.0 Å². The molecule has 2 aromatic rings. The maximum Gasteiger partial charge on any atom is 0.275 e. The van der Waals surface area contributed by atoms with Crippen LogP contribution in [-0.2, 0) is 0 Å². The van der Waals surface area contributed by atoms with E-state index in [-0.39, 0.29) is 11.6 Å². The summed E-state index contributed by atoms with van der Waals surface area (Å²) in [6.07, 6.45) is 2.70. The number of aryl methyl sites for hydroxylation is 1. The van der Waals surface area contributed by atoms with Crippen LogP contribution >= 0.6 is 11.6 Å². The summed E-state index contributed by atoms with van der Waals surface area (Å²) in [4.78, 5) is 19.8. The highest BCUT2D eigenvalue weighted by molar-refractivity contribution is 6.33. The summed E-state index contributed by atoms with van der Waals surface area (Å²) in [7, 11) is 0. The minimum absolute atomic E-state index is 0.177. The first-order valence-electron chi connectivity index (χ1n) is 5.46. The van der Waals surface area contributed by atoms with Crippen molar-refractivity contribution < 1.29 is 4.79 Å². The largest absolute Gasteiger partial charge is 0.319 e. The SMILES string of the molecule is Cc1ccc(Cl)c(NC(=O)c2cnc(NN)cn2)c1. The van der Waals surface area contributed by atoms with Gasteiger partial charge in [-0.3, -0.25) is 4.79 Å². The zero-order valence-electron chi connectivity index (χ0n) is 10.1. The number of nitrogens with one attached hydrogen (secondary N) is 2. The van der Waals surface area contributed by atoms with Gasteiger partial charge in [-0.25, -0.2) is 15.8 Å². The number of halogens is 1. The normalized spacial score (nSPS) is 10.1. The molecule has 1 heterocycles. The molecule has 0 aliphatic rings. The molecule has 0 saturated heterocycles. The molecular formula is C12H12ClN5O. The van der Waals surface area contributed by atoms with Gasteiger partial charge in [-0.2, -0.15) is 0 Å². The average Bonchev–Trinajstić information content (AvgIpc) is 2.43. The Labute approximate surface area is 115 Å². The second-order valence-electron chi connectivity index (χ2n) is 3.87. The number of carbonyl (C=O) groups excluding carboxylic acids is 1. The van der Waals surface area contributed by atoms with E-state index >= 15 is 0 Å². The lowest BCUT2D eigenvalue weighted by molar-refractivity contribution is 0.102. The van der Waals surface area contributed by atoms with Crippen molar-refractivity contribution in [3.63, 3.8) is 0 Å². The number of carbonyl (C=O) groups is 1. The molecular weight excluding hydrogens is 266 g/mol. The minimum Gasteiger partial charge on any atom is -0.319 e. The van der Waals surface area contributed by atoms with Crippen molar-refractivity contribution in [3.8, 4) is 0 Å². The van der Waals surface area contributed by atoms with Crippen molar-refractivity contribution in [2.75, 3.05) is 10.7 Å². The third kappa shape index (κ3) is 3.18. The van der Waals surface area contributed by atoms with Crippen LogP contribution in [0.25, 0.3) is 0 Å². The molecule has 0 saturated carbocycles. The van der Waals surface area contributed by atoms with Crippen LogP contribution in [0, 0.1) is 6.92 Å². The molecule has 7 heteroatoms. The average molecular weight is 278 g/mol. The molecule has 0 atom stereocenters. The molecule has 0 bridgehead atoms. The van der Waals surface area contributed by atoms with Crippen LogP contribution in [0.2, 0.25) is 5.02 Å². The van der Waals surface area contributed by atoms with Gasteiger partial charge in [0.1, 0.15) is 5.69 Å². The zero-order chi connectivity index (χ0) is 13.8. The lowest BCUT2D eigenvalue weighted by Gasteiger charge is -2.07. The number of amides is 1. The first kappa shape index (κ1) is 13.3. The van der Waals surface area contributed by atoms with Crippen LogP contribution in [0.5, 0.6) is 0 Å². The van der Waals surface area contributed by atoms with Gasteiger partial charge in [0.15, 0.2) is 5.82 Å². The summed E-state index contributed by atoms with van der Waals surface area (Å²) in [5, 5.41) is 3.14. The second-order valence-corrected chi connectivity index (χ2v) is 4.28. The second kappa shape index (κ2) is 5.64. The number of anilines is 2. The summed E-state index contributed by atoms with van der Waals surface area (Å²) in [6.45, 7) is 1.91. The zero-order valence-corrected chi connectivity index (χ0v) is 10.9. The van der Waals surface area contributed by atoms with Crippen molar-refractivity contribution in [2.24, 2.45) is 5.84 Å². The smallest absolute Gasteiger partial charge is 0.275 e. The van der Waals surface area contributed by atoms with Crippen LogP contribution in [0.1, 0.15) is 16.1 Å². The van der Waals surface area contributed by atoms with Gasteiger partial charge in [0.05, 0.1) is 23.1 Å². The van der Waals surface area contributed by atoms with Gasteiger partial charge >= 0.3 is 0 Å². The van der Waals surface area contributed by atoms with Crippen LogP contribution in [0.4, 0.5) is 11.5 Å². The number of hydrogen-bond donors (Lipinski definition) is 3. The lowest BCUT2D eigenvalue weighted by Crippen LogP contribution is -2.16. The van der Waals surface area contributed by atoms with Gasteiger partial charge in [-0.05, 0) is 24.6 Å². The molecule has 1 amide bonds. The summed E-state index contributed by atoms with van der Waals surface area (Å²) < 4.78 is 0. The Bertz CT molecular complexity index is 600. The van der Waals surface area contributed by atoms with E-state index in [4.69, 9.17) is 17.4 Å². The van der Waals surface area contributed by atoms with Crippen LogP contribution < -0.4 is 16.6 Å². The van der Waals surface area contributed by atoms with Crippen molar-refractivity contribution in [2.45, 2.75) is 6.92 Å². The molecule has 1 aromatic carbocycles. The van der Waals surface area contributed by atoms with E-state index in [1.165, 1.54) is 12.4 Å². The Hall–Kier alpha value is -2.18. The van der Waals surface area contributed by atoms with E-state index in [9.17, 15) is 4.79 Å². The molecule has 6 nitrogen and oxygen atoms in total.